The lowest BCUT2D eigenvalue weighted by Gasteiger charge is -2.33. The van der Waals surface area contributed by atoms with Gasteiger partial charge >= 0.3 is 6.03 Å². The highest BCUT2D eigenvalue weighted by molar-refractivity contribution is 6.30. The zero-order chi connectivity index (χ0) is 18.4. The van der Waals surface area contributed by atoms with Gasteiger partial charge in [0.05, 0.1) is 0 Å². The van der Waals surface area contributed by atoms with Gasteiger partial charge < -0.3 is 15.5 Å². The van der Waals surface area contributed by atoms with E-state index in [2.05, 4.69) is 39.5 Å². The highest BCUT2D eigenvalue weighted by Crippen LogP contribution is 2.24. The fourth-order valence-corrected chi connectivity index (χ4v) is 4.11. The molecule has 2 heterocycles. The lowest BCUT2D eigenvalue weighted by atomic mass is 10.0. The van der Waals surface area contributed by atoms with Crippen molar-refractivity contribution in [3.05, 3.63) is 29.3 Å². The Balaban J connectivity index is 1.31. The van der Waals surface area contributed by atoms with E-state index in [-0.39, 0.29) is 6.03 Å². The third-order valence-electron chi connectivity index (χ3n) is 5.65. The number of carbonyl (C=O) groups excluding carboxylic acids is 1. The predicted octanol–water partition coefficient (Wildman–Crippen LogP) is 3.34. The summed E-state index contributed by atoms with van der Waals surface area (Å²) in [5.41, 5.74) is 1.21. The van der Waals surface area contributed by atoms with Crippen molar-refractivity contribution in [2.45, 2.75) is 38.6 Å². The van der Waals surface area contributed by atoms with Crippen molar-refractivity contribution in [2.75, 3.05) is 44.2 Å². The average molecular weight is 379 g/mol. The normalized spacial score (nSPS) is 23.8. The summed E-state index contributed by atoms with van der Waals surface area (Å²) >= 11 is 5.95. The number of likely N-dealkylation sites (tertiary alicyclic amines) is 1. The van der Waals surface area contributed by atoms with Gasteiger partial charge in [0.1, 0.15) is 0 Å². The topological polar surface area (TPSA) is 47.6 Å². The van der Waals surface area contributed by atoms with E-state index < -0.39 is 0 Å². The molecule has 0 radical (unpaired) electrons. The van der Waals surface area contributed by atoms with Crippen LogP contribution in [0.1, 0.15) is 32.6 Å². The van der Waals surface area contributed by atoms with E-state index in [1.54, 1.807) is 0 Å². The van der Waals surface area contributed by atoms with Crippen LogP contribution in [0, 0.1) is 5.92 Å². The van der Waals surface area contributed by atoms with Gasteiger partial charge in [0.15, 0.2) is 0 Å². The Hall–Kier alpha value is -1.46. The monoisotopic (exact) mass is 378 g/mol. The van der Waals surface area contributed by atoms with E-state index in [1.807, 2.05) is 12.1 Å². The molecule has 5 nitrogen and oxygen atoms in total. The van der Waals surface area contributed by atoms with Gasteiger partial charge in [0, 0.05) is 49.5 Å². The Morgan fingerprint density at radius 1 is 1.15 bits per heavy atom. The van der Waals surface area contributed by atoms with E-state index in [1.165, 1.54) is 24.9 Å². The lowest BCUT2D eigenvalue weighted by Crippen LogP contribution is -2.45. The zero-order valence-electron chi connectivity index (χ0n) is 15.7. The second-order valence-corrected chi connectivity index (χ2v) is 8.03. The predicted molar refractivity (Wildman–Crippen MR) is 108 cm³/mol. The first-order valence-corrected chi connectivity index (χ1v) is 10.3. The summed E-state index contributed by atoms with van der Waals surface area (Å²) in [7, 11) is 0. The van der Waals surface area contributed by atoms with Crippen molar-refractivity contribution in [2.24, 2.45) is 5.92 Å². The van der Waals surface area contributed by atoms with Gasteiger partial charge in [-0.25, -0.2) is 4.79 Å². The maximum atomic E-state index is 12.0. The van der Waals surface area contributed by atoms with Crippen LogP contribution in [0.3, 0.4) is 0 Å². The molecule has 3 rings (SSSR count). The molecule has 2 aliphatic heterocycles. The summed E-state index contributed by atoms with van der Waals surface area (Å²) in [5, 5.41) is 6.81. The molecule has 6 heteroatoms. The van der Waals surface area contributed by atoms with Crippen LogP contribution in [-0.2, 0) is 0 Å². The highest BCUT2D eigenvalue weighted by atomic mass is 35.5. The second kappa shape index (κ2) is 9.47. The number of halogens is 1. The van der Waals surface area contributed by atoms with Crippen LogP contribution >= 0.6 is 11.6 Å². The minimum Gasteiger partial charge on any atom is -0.371 e. The van der Waals surface area contributed by atoms with Crippen molar-refractivity contribution in [3.8, 4) is 0 Å². The molecule has 2 aliphatic rings. The molecule has 1 aromatic rings. The summed E-state index contributed by atoms with van der Waals surface area (Å²) in [6.07, 6.45) is 4.99. The Morgan fingerprint density at radius 2 is 1.96 bits per heavy atom. The number of nitrogens with zero attached hydrogens (tertiary/aromatic N) is 2. The Kier molecular flexibility index (Phi) is 7.03. The summed E-state index contributed by atoms with van der Waals surface area (Å²) < 4.78 is 0. The fraction of sp³-hybridized carbons (Fsp3) is 0.650. The van der Waals surface area contributed by atoms with E-state index in [9.17, 15) is 4.79 Å². The molecule has 0 unspecified atom stereocenters. The van der Waals surface area contributed by atoms with Crippen molar-refractivity contribution in [3.63, 3.8) is 0 Å². The summed E-state index contributed by atoms with van der Waals surface area (Å²) in [4.78, 5) is 16.9. The van der Waals surface area contributed by atoms with Gasteiger partial charge in [-0.05, 0) is 62.9 Å². The third kappa shape index (κ3) is 5.52. The highest BCUT2D eigenvalue weighted by Gasteiger charge is 2.23. The van der Waals surface area contributed by atoms with Gasteiger partial charge in [-0.2, -0.15) is 0 Å². The minimum atomic E-state index is -0.0420. The Labute approximate surface area is 162 Å². The molecular formula is C20H31ClN4O. The molecule has 0 aliphatic carbocycles. The van der Waals surface area contributed by atoms with Crippen LogP contribution in [0.5, 0.6) is 0 Å². The van der Waals surface area contributed by atoms with Crippen LogP contribution in [0.4, 0.5) is 10.5 Å². The average Bonchev–Trinajstić information content (AvgIpc) is 3.11. The molecule has 0 aromatic heterocycles. The third-order valence-corrected chi connectivity index (χ3v) is 5.91. The van der Waals surface area contributed by atoms with Crippen LogP contribution in [0.25, 0.3) is 0 Å². The molecule has 2 amide bonds. The molecule has 0 bridgehead atoms. The van der Waals surface area contributed by atoms with Crippen molar-refractivity contribution >= 4 is 23.3 Å². The summed E-state index contributed by atoms with van der Waals surface area (Å²) in [6, 6.07) is 8.59. The van der Waals surface area contributed by atoms with Crippen LogP contribution in [0.2, 0.25) is 5.02 Å². The largest absolute Gasteiger partial charge is 0.371 e. The number of carbonyl (C=O) groups is 1. The van der Waals surface area contributed by atoms with Gasteiger partial charge in [-0.1, -0.05) is 18.0 Å². The molecule has 2 N–H and O–H groups in total. The van der Waals surface area contributed by atoms with E-state index in [0.717, 1.165) is 50.7 Å². The van der Waals surface area contributed by atoms with Crippen molar-refractivity contribution in [1.82, 2.24) is 15.5 Å². The summed E-state index contributed by atoms with van der Waals surface area (Å²) in [5.74, 6) is 0.499. The number of rotatable bonds is 6. The Morgan fingerprint density at radius 3 is 2.73 bits per heavy atom. The standard InChI is InChI=1S/C20H31ClN4O/c1-16-4-2-3-11-24(16)13-10-22-20(26)23-14-17-9-12-25(15-17)19-7-5-18(21)6-8-19/h5-8,16-17H,2-4,9-15H2,1H3,(H2,22,23,26)/t16-,17-/m1/s1. The van der Waals surface area contributed by atoms with Gasteiger partial charge in [0.2, 0.25) is 0 Å². The van der Waals surface area contributed by atoms with Crippen LogP contribution in [-0.4, -0.2) is 56.2 Å². The number of nitrogens with one attached hydrogen (secondary N) is 2. The molecule has 26 heavy (non-hydrogen) atoms. The maximum Gasteiger partial charge on any atom is 0.314 e. The van der Waals surface area contributed by atoms with Gasteiger partial charge in [-0.15, -0.1) is 0 Å². The number of anilines is 1. The van der Waals surface area contributed by atoms with Crippen molar-refractivity contribution in [1.29, 1.82) is 0 Å². The van der Waals surface area contributed by atoms with E-state index in [0.29, 0.717) is 12.0 Å². The zero-order valence-corrected chi connectivity index (χ0v) is 16.5. The van der Waals surface area contributed by atoms with E-state index in [4.69, 9.17) is 11.6 Å². The number of hydrogen-bond donors (Lipinski definition) is 2. The number of piperidine rings is 1. The first kappa shape index (κ1) is 19.3. The van der Waals surface area contributed by atoms with E-state index >= 15 is 0 Å². The summed E-state index contributed by atoms with van der Waals surface area (Å²) in [6.45, 7) is 7.85. The number of amides is 2. The van der Waals surface area contributed by atoms with Crippen molar-refractivity contribution < 1.29 is 4.79 Å². The SMILES string of the molecule is C[C@@H]1CCCCN1CCNC(=O)NC[C@H]1CCN(c2ccc(Cl)cc2)C1. The molecule has 144 valence electrons. The van der Waals surface area contributed by atoms with Gasteiger partial charge in [-0.3, -0.25) is 4.90 Å². The first-order chi connectivity index (χ1) is 12.6. The molecule has 2 fully saturated rings. The fourth-order valence-electron chi connectivity index (χ4n) is 3.99. The second-order valence-electron chi connectivity index (χ2n) is 7.59. The minimum absolute atomic E-state index is 0.0420. The molecule has 0 spiro atoms. The number of benzene rings is 1. The van der Waals surface area contributed by atoms with Gasteiger partial charge in [0.25, 0.3) is 0 Å². The quantitative estimate of drug-likeness (QED) is 0.798. The van der Waals surface area contributed by atoms with Crippen LogP contribution in [0.15, 0.2) is 24.3 Å². The Bertz CT molecular complexity index is 580. The molecule has 1 aromatic carbocycles. The molecule has 0 saturated carbocycles. The first-order valence-electron chi connectivity index (χ1n) is 9.88. The smallest absolute Gasteiger partial charge is 0.314 e. The number of urea groups is 1. The molecule has 2 atom stereocenters. The maximum absolute atomic E-state index is 12.0. The number of hydrogen-bond acceptors (Lipinski definition) is 3. The molecular weight excluding hydrogens is 348 g/mol. The lowest BCUT2D eigenvalue weighted by molar-refractivity contribution is 0.161. The van der Waals surface area contributed by atoms with Crippen LogP contribution < -0.4 is 15.5 Å². The molecule has 2 saturated heterocycles.